The average Bonchev–Trinajstić information content (AvgIpc) is 3.46. The molecule has 6 amide bonds. The summed E-state index contributed by atoms with van der Waals surface area (Å²) in [5.41, 5.74) is 2.43. The quantitative estimate of drug-likeness (QED) is 0.209. The molecule has 2 N–H and O–H groups in total. The Kier molecular flexibility index (Phi) is 10.8. The van der Waals surface area contributed by atoms with Gasteiger partial charge in [-0.3, -0.25) is 38.6 Å². The Bertz CT molecular complexity index is 1600. The lowest BCUT2D eigenvalue weighted by Gasteiger charge is -2.15. The van der Waals surface area contributed by atoms with Crippen LogP contribution < -0.4 is 10.6 Å². The molecule has 0 bridgehead atoms. The largest absolute Gasteiger partial charge is 0.324 e. The Hall–Kier alpha value is -4.94. The topological polar surface area (TPSA) is 133 Å². The van der Waals surface area contributed by atoms with Gasteiger partial charge in [-0.05, 0) is 71.8 Å². The number of imide groups is 2. The third-order valence-corrected chi connectivity index (χ3v) is 8.80. The Morgan fingerprint density at radius 2 is 0.935 bits per heavy atom. The number of hydrogen-bond donors (Lipinski definition) is 2. The van der Waals surface area contributed by atoms with Crippen LogP contribution in [0.5, 0.6) is 0 Å². The van der Waals surface area contributed by atoms with Crippen molar-refractivity contribution in [1.29, 1.82) is 0 Å². The molecule has 0 spiro atoms. The van der Waals surface area contributed by atoms with Gasteiger partial charge >= 0.3 is 0 Å². The van der Waals surface area contributed by atoms with E-state index in [1.165, 1.54) is 0 Å². The van der Waals surface area contributed by atoms with Crippen molar-refractivity contribution >= 4 is 81.2 Å². The highest BCUT2D eigenvalue weighted by atomic mass is 32.2. The first kappa shape index (κ1) is 32.5. The van der Waals surface area contributed by atoms with Crippen LogP contribution in [0.3, 0.4) is 0 Å². The number of amides is 6. The molecule has 2 fully saturated rings. The second-order valence-corrected chi connectivity index (χ2v) is 12.3. The smallest absolute Gasteiger partial charge is 0.293 e. The minimum atomic E-state index is -0.381. The van der Waals surface area contributed by atoms with Crippen LogP contribution in [-0.2, 0) is 19.2 Å². The predicted octanol–water partition coefficient (Wildman–Crippen LogP) is 6.60. The fourth-order valence-corrected chi connectivity index (χ4v) is 6.44. The summed E-state index contributed by atoms with van der Waals surface area (Å²) < 4.78 is 0. The number of carbonyl (C=O) groups excluding carboxylic acids is 6. The summed E-state index contributed by atoms with van der Waals surface area (Å²) in [4.78, 5) is 78.7. The maximum absolute atomic E-state index is 12.7. The van der Waals surface area contributed by atoms with Crippen molar-refractivity contribution in [2.45, 2.75) is 25.7 Å². The van der Waals surface area contributed by atoms with Gasteiger partial charge in [-0.15, -0.1) is 0 Å². The first-order valence-electron chi connectivity index (χ1n) is 14.6. The lowest BCUT2D eigenvalue weighted by molar-refractivity contribution is -0.123. The van der Waals surface area contributed by atoms with Gasteiger partial charge in [0.05, 0.1) is 21.2 Å². The Labute approximate surface area is 274 Å². The van der Waals surface area contributed by atoms with Gasteiger partial charge in [0.2, 0.25) is 11.8 Å². The molecule has 10 nitrogen and oxygen atoms in total. The minimum Gasteiger partial charge on any atom is -0.324 e. The number of anilines is 2. The summed E-state index contributed by atoms with van der Waals surface area (Å²) in [5.74, 6) is -1.44. The molecule has 3 aromatic carbocycles. The average molecular weight is 655 g/mol. The van der Waals surface area contributed by atoms with E-state index in [-0.39, 0.29) is 72.9 Å². The standard InChI is InChI=1S/C34H30N4O6S2/c39-29(17-9-19-37-31(41)27(45-33(37)43)21-23-11-3-1-4-12-23)35-25-15-7-8-16-26(25)36-30(40)18-10-20-38-32(42)28(46-34(38)44)22-24-13-5-2-6-14-24/h1-8,11-16,21-22H,9-10,17-20H2,(H,35,39)(H,36,40)/b27-21+,28-22+. The van der Waals surface area contributed by atoms with Crippen LogP contribution in [0.4, 0.5) is 21.0 Å². The first-order chi connectivity index (χ1) is 22.3. The van der Waals surface area contributed by atoms with E-state index < -0.39 is 0 Å². The van der Waals surface area contributed by atoms with E-state index in [4.69, 9.17) is 0 Å². The maximum atomic E-state index is 12.7. The third kappa shape index (κ3) is 8.40. The number of benzene rings is 3. The van der Waals surface area contributed by atoms with Gasteiger partial charge in [-0.2, -0.15) is 0 Å². The van der Waals surface area contributed by atoms with Crippen LogP contribution in [-0.4, -0.2) is 57.0 Å². The molecule has 2 aliphatic heterocycles. The SMILES string of the molecule is O=C(CCCN1C(=O)S/C(=C/c2ccccc2)C1=O)Nc1ccccc1NC(=O)CCCN1C(=O)S/C(=C/c2ccccc2)C1=O. The van der Waals surface area contributed by atoms with Crippen molar-refractivity contribution in [3.8, 4) is 0 Å². The lowest BCUT2D eigenvalue weighted by Crippen LogP contribution is -2.30. The van der Waals surface area contributed by atoms with E-state index in [1.54, 1.807) is 36.4 Å². The van der Waals surface area contributed by atoms with E-state index in [9.17, 15) is 28.8 Å². The van der Waals surface area contributed by atoms with E-state index in [2.05, 4.69) is 10.6 Å². The number of rotatable bonds is 12. The van der Waals surface area contributed by atoms with Gasteiger partial charge in [0.15, 0.2) is 0 Å². The fourth-order valence-electron chi connectivity index (χ4n) is 4.71. The highest BCUT2D eigenvalue weighted by Crippen LogP contribution is 2.33. The molecule has 46 heavy (non-hydrogen) atoms. The molecule has 3 aromatic rings. The Morgan fingerprint density at radius 3 is 1.33 bits per heavy atom. The molecular weight excluding hydrogens is 625 g/mol. The fraction of sp³-hybridized carbons (Fsp3) is 0.176. The van der Waals surface area contributed by atoms with Gasteiger partial charge in [0, 0.05) is 25.9 Å². The minimum absolute atomic E-state index is 0.0539. The van der Waals surface area contributed by atoms with Gasteiger partial charge in [0.25, 0.3) is 22.3 Å². The van der Waals surface area contributed by atoms with Crippen LogP contribution in [0.1, 0.15) is 36.8 Å². The van der Waals surface area contributed by atoms with Crippen molar-refractivity contribution in [1.82, 2.24) is 9.80 Å². The summed E-state index contributed by atoms with van der Waals surface area (Å²) in [5, 5.41) is 4.81. The summed E-state index contributed by atoms with van der Waals surface area (Å²) in [7, 11) is 0. The molecule has 12 heteroatoms. The molecule has 0 saturated carbocycles. The van der Waals surface area contributed by atoms with E-state index >= 15 is 0 Å². The van der Waals surface area contributed by atoms with Crippen molar-refractivity contribution < 1.29 is 28.8 Å². The summed E-state index contributed by atoms with van der Waals surface area (Å²) in [6.07, 6.45) is 4.00. The summed E-state index contributed by atoms with van der Waals surface area (Å²) in [6.45, 7) is 0.208. The lowest BCUT2D eigenvalue weighted by atomic mass is 10.2. The molecular formula is C34H30N4O6S2. The number of carbonyl (C=O) groups is 6. The molecule has 0 aliphatic carbocycles. The second kappa shape index (κ2) is 15.4. The number of nitrogens with zero attached hydrogens (tertiary/aromatic N) is 2. The zero-order valence-electron chi connectivity index (χ0n) is 24.6. The van der Waals surface area contributed by atoms with Gasteiger partial charge in [0.1, 0.15) is 0 Å². The molecule has 2 aliphatic rings. The van der Waals surface area contributed by atoms with Crippen LogP contribution >= 0.6 is 23.5 Å². The second-order valence-electron chi connectivity index (χ2n) is 10.3. The van der Waals surface area contributed by atoms with Crippen LogP contribution in [0.25, 0.3) is 12.2 Å². The van der Waals surface area contributed by atoms with Gasteiger partial charge < -0.3 is 10.6 Å². The summed E-state index contributed by atoms with van der Waals surface area (Å²) in [6, 6.07) is 25.2. The molecule has 0 atom stereocenters. The van der Waals surface area contributed by atoms with Gasteiger partial charge in [-0.25, -0.2) is 0 Å². The highest BCUT2D eigenvalue weighted by Gasteiger charge is 2.35. The summed E-state index contributed by atoms with van der Waals surface area (Å²) >= 11 is 1.75. The van der Waals surface area contributed by atoms with E-state index in [1.807, 2.05) is 60.7 Å². The molecule has 234 valence electrons. The predicted molar refractivity (Wildman–Crippen MR) is 180 cm³/mol. The monoisotopic (exact) mass is 654 g/mol. The number of thioether (sulfide) groups is 2. The van der Waals surface area contributed by atoms with Crippen LogP contribution in [0, 0.1) is 0 Å². The zero-order chi connectivity index (χ0) is 32.5. The molecule has 2 heterocycles. The first-order valence-corrected chi connectivity index (χ1v) is 16.2. The van der Waals surface area contributed by atoms with Crippen molar-refractivity contribution in [3.05, 3.63) is 106 Å². The van der Waals surface area contributed by atoms with E-state index in [0.717, 1.165) is 44.5 Å². The van der Waals surface area contributed by atoms with Crippen molar-refractivity contribution in [3.63, 3.8) is 0 Å². The highest BCUT2D eigenvalue weighted by molar-refractivity contribution is 8.18. The maximum Gasteiger partial charge on any atom is 0.293 e. The van der Waals surface area contributed by atoms with Crippen LogP contribution in [0.15, 0.2) is 94.7 Å². The number of para-hydroxylation sites is 2. The molecule has 5 rings (SSSR count). The van der Waals surface area contributed by atoms with Gasteiger partial charge in [-0.1, -0.05) is 72.8 Å². The number of nitrogens with one attached hydrogen (secondary N) is 2. The van der Waals surface area contributed by atoms with Crippen LogP contribution in [0.2, 0.25) is 0 Å². The Balaban J connectivity index is 1.07. The van der Waals surface area contributed by atoms with Crippen molar-refractivity contribution in [2.24, 2.45) is 0 Å². The normalized spacial score (nSPS) is 16.5. The molecule has 0 unspecified atom stereocenters. The number of hydrogen-bond acceptors (Lipinski definition) is 8. The molecule has 0 radical (unpaired) electrons. The molecule has 2 saturated heterocycles. The van der Waals surface area contributed by atoms with Crippen molar-refractivity contribution in [2.75, 3.05) is 23.7 Å². The molecule has 0 aromatic heterocycles. The zero-order valence-corrected chi connectivity index (χ0v) is 26.3. The third-order valence-electron chi connectivity index (χ3n) is 6.99. The Morgan fingerprint density at radius 1 is 0.565 bits per heavy atom. The van der Waals surface area contributed by atoms with E-state index in [0.29, 0.717) is 21.2 Å².